The van der Waals surface area contributed by atoms with Crippen molar-refractivity contribution < 1.29 is 9.18 Å². The van der Waals surface area contributed by atoms with E-state index in [9.17, 15) is 14.0 Å². The predicted octanol–water partition coefficient (Wildman–Crippen LogP) is 3.26. The molecular weight excluding hydrogens is 395 g/mol. The van der Waals surface area contributed by atoms with Gasteiger partial charge in [-0.3, -0.25) is 19.1 Å². The van der Waals surface area contributed by atoms with Gasteiger partial charge in [0.05, 0.1) is 0 Å². The smallest absolute Gasteiger partial charge is 0.268 e. The van der Waals surface area contributed by atoms with Gasteiger partial charge in [0.1, 0.15) is 11.4 Å². The van der Waals surface area contributed by atoms with E-state index in [1.807, 2.05) is 26.0 Å². The molecule has 1 amide bonds. The number of pyridine rings is 2. The molecule has 0 aliphatic carbocycles. The largest absolute Gasteiger partial charge is 0.368 e. The van der Waals surface area contributed by atoms with Crippen LogP contribution < -0.4 is 10.5 Å². The molecule has 0 N–H and O–H groups in total. The molecule has 1 fully saturated rings. The fourth-order valence-corrected chi connectivity index (χ4v) is 4.01. The second-order valence-electron chi connectivity index (χ2n) is 7.91. The van der Waals surface area contributed by atoms with Crippen LogP contribution in [0.4, 0.5) is 10.1 Å². The lowest BCUT2D eigenvalue weighted by atomic mass is 10.1. The van der Waals surface area contributed by atoms with E-state index >= 15 is 0 Å². The summed E-state index contributed by atoms with van der Waals surface area (Å²) < 4.78 is 14.6. The second kappa shape index (κ2) is 8.34. The highest BCUT2D eigenvalue weighted by atomic mass is 19.1. The summed E-state index contributed by atoms with van der Waals surface area (Å²) in [6.07, 6.45) is 1.62. The topological polar surface area (TPSA) is 58.4 Å². The minimum atomic E-state index is -0.389. The molecule has 160 valence electrons. The lowest BCUT2D eigenvalue weighted by Gasteiger charge is -2.36. The molecule has 0 bridgehead atoms. The molecule has 31 heavy (non-hydrogen) atoms. The Balaban J connectivity index is 1.56. The van der Waals surface area contributed by atoms with Gasteiger partial charge in [0, 0.05) is 55.1 Å². The van der Waals surface area contributed by atoms with Gasteiger partial charge in [0.15, 0.2) is 0 Å². The van der Waals surface area contributed by atoms with Crippen LogP contribution in [0.5, 0.6) is 0 Å². The molecule has 4 rings (SSSR count). The minimum Gasteiger partial charge on any atom is -0.368 e. The average Bonchev–Trinajstić information content (AvgIpc) is 2.74. The molecular formula is C24H25FN4O2. The number of piperazine rings is 1. The highest BCUT2D eigenvalue weighted by molar-refractivity contribution is 5.95. The zero-order chi connectivity index (χ0) is 22.1. The fourth-order valence-electron chi connectivity index (χ4n) is 4.01. The van der Waals surface area contributed by atoms with E-state index in [0.29, 0.717) is 37.4 Å². The van der Waals surface area contributed by atoms with Gasteiger partial charge in [-0.25, -0.2) is 4.39 Å². The number of hydrogen-bond donors (Lipinski definition) is 0. The summed E-state index contributed by atoms with van der Waals surface area (Å²) >= 11 is 0. The van der Waals surface area contributed by atoms with E-state index in [1.54, 1.807) is 24.1 Å². The van der Waals surface area contributed by atoms with Gasteiger partial charge in [-0.1, -0.05) is 0 Å². The van der Waals surface area contributed by atoms with Gasteiger partial charge in [-0.2, -0.15) is 0 Å². The first-order valence-corrected chi connectivity index (χ1v) is 10.3. The van der Waals surface area contributed by atoms with Gasteiger partial charge in [-0.05, 0) is 68.8 Å². The van der Waals surface area contributed by atoms with Crippen molar-refractivity contribution in [3.05, 3.63) is 87.3 Å². The van der Waals surface area contributed by atoms with E-state index in [0.717, 1.165) is 17.1 Å². The Morgan fingerprint density at radius 3 is 2.13 bits per heavy atom. The maximum Gasteiger partial charge on any atom is 0.268 e. The Morgan fingerprint density at radius 1 is 0.903 bits per heavy atom. The molecule has 0 unspecified atom stereocenters. The van der Waals surface area contributed by atoms with Gasteiger partial charge < -0.3 is 9.80 Å². The number of aryl methyl sites for hydroxylation is 3. The summed E-state index contributed by atoms with van der Waals surface area (Å²) in [6, 6.07) is 11.5. The lowest BCUT2D eigenvalue weighted by Crippen LogP contribution is -2.50. The normalized spacial score (nSPS) is 14.1. The van der Waals surface area contributed by atoms with E-state index in [2.05, 4.69) is 9.88 Å². The van der Waals surface area contributed by atoms with Gasteiger partial charge in [0.2, 0.25) is 0 Å². The first kappa shape index (κ1) is 20.8. The molecule has 1 aliphatic heterocycles. The number of rotatable bonds is 3. The summed E-state index contributed by atoms with van der Waals surface area (Å²) in [5, 5.41) is 0. The molecule has 2 aromatic heterocycles. The number of amides is 1. The molecule has 7 heteroatoms. The summed E-state index contributed by atoms with van der Waals surface area (Å²) in [6.45, 7) is 8.15. The first-order chi connectivity index (χ1) is 14.8. The van der Waals surface area contributed by atoms with Crippen LogP contribution in [0.25, 0.3) is 5.69 Å². The molecule has 1 saturated heterocycles. The molecule has 6 nitrogen and oxygen atoms in total. The van der Waals surface area contributed by atoms with Crippen LogP contribution in [0.2, 0.25) is 0 Å². The van der Waals surface area contributed by atoms with Crippen LogP contribution in [0, 0.1) is 26.6 Å². The van der Waals surface area contributed by atoms with Crippen molar-refractivity contribution in [2.45, 2.75) is 20.8 Å². The number of halogens is 1. The van der Waals surface area contributed by atoms with E-state index in [1.165, 1.54) is 28.8 Å². The van der Waals surface area contributed by atoms with Crippen molar-refractivity contribution >= 4 is 11.6 Å². The van der Waals surface area contributed by atoms with Gasteiger partial charge >= 0.3 is 0 Å². The molecule has 1 aliphatic rings. The van der Waals surface area contributed by atoms with Crippen molar-refractivity contribution in [3.8, 4) is 5.69 Å². The molecule has 0 atom stereocenters. The van der Waals surface area contributed by atoms with Crippen LogP contribution in [-0.4, -0.2) is 46.5 Å². The Bertz CT molecular complexity index is 1160. The molecule has 0 radical (unpaired) electrons. The number of anilines is 1. The minimum absolute atomic E-state index is 0.163. The third kappa shape index (κ3) is 4.21. The van der Waals surface area contributed by atoms with Crippen LogP contribution >= 0.6 is 0 Å². The van der Waals surface area contributed by atoms with E-state index < -0.39 is 0 Å². The molecule has 3 heterocycles. The second-order valence-corrected chi connectivity index (χ2v) is 7.91. The number of nitrogens with zero attached hydrogens (tertiary/aromatic N) is 4. The summed E-state index contributed by atoms with van der Waals surface area (Å²) in [4.78, 5) is 34.8. The van der Waals surface area contributed by atoms with Crippen LogP contribution in [0.1, 0.15) is 27.3 Å². The standard InChI is InChI=1S/C24H25FN4O2/c1-16-8-9-29(20-6-4-19(25)5-7-20)24(31)22(16)23(30)28-12-10-27(11-13-28)21-14-17(2)26-18(3)15-21/h4-9,14-15H,10-13H2,1-3H3. The summed E-state index contributed by atoms with van der Waals surface area (Å²) in [5.41, 5.74) is 3.97. The summed E-state index contributed by atoms with van der Waals surface area (Å²) in [5.74, 6) is -0.640. The van der Waals surface area contributed by atoms with Crippen molar-refractivity contribution in [3.63, 3.8) is 0 Å². The number of aromatic nitrogens is 2. The number of carbonyl (C=O) groups excluding carboxylic acids is 1. The third-order valence-corrected chi connectivity index (χ3v) is 5.62. The van der Waals surface area contributed by atoms with Crippen LogP contribution in [-0.2, 0) is 0 Å². The van der Waals surface area contributed by atoms with Crippen molar-refractivity contribution in [1.29, 1.82) is 0 Å². The zero-order valence-electron chi connectivity index (χ0n) is 17.9. The third-order valence-electron chi connectivity index (χ3n) is 5.62. The Labute approximate surface area is 180 Å². The average molecular weight is 420 g/mol. The molecule has 0 saturated carbocycles. The maximum atomic E-state index is 13.3. The molecule has 3 aromatic rings. The van der Waals surface area contributed by atoms with Gasteiger partial charge in [0.25, 0.3) is 11.5 Å². The maximum absolute atomic E-state index is 13.3. The molecule has 0 spiro atoms. The Hall–Kier alpha value is -3.48. The quantitative estimate of drug-likeness (QED) is 0.653. The monoisotopic (exact) mass is 420 g/mol. The fraction of sp³-hybridized carbons (Fsp3) is 0.292. The number of carbonyl (C=O) groups is 1. The van der Waals surface area contributed by atoms with Crippen LogP contribution in [0.15, 0.2) is 53.5 Å². The number of hydrogen-bond acceptors (Lipinski definition) is 4. The lowest BCUT2D eigenvalue weighted by molar-refractivity contribution is 0.0744. The predicted molar refractivity (Wildman–Crippen MR) is 119 cm³/mol. The number of benzene rings is 1. The van der Waals surface area contributed by atoms with E-state index in [-0.39, 0.29) is 22.8 Å². The Kier molecular flexibility index (Phi) is 5.59. The highest BCUT2D eigenvalue weighted by Gasteiger charge is 2.26. The van der Waals surface area contributed by atoms with E-state index in [4.69, 9.17) is 0 Å². The van der Waals surface area contributed by atoms with Crippen LogP contribution in [0.3, 0.4) is 0 Å². The first-order valence-electron chi connectivity index (χ1n) is 10.3. The SMILES string of the molecule is Cc1cc(N2CCN(C(=O)c3c(C)ccn(-c4ccc(F)cc4)c3=O)CC2)cc(C)n1. The van der Waals surface area contributed by atoms with Crippen molar-refractivity contribution in [2.24, 2.45) is 0 Å². The Morgan fingerprint density at radius 2 is 1.52 bits per heavy atom. The molecule has 1 aromatic carbocycles. The zero-order valence-corrected chi connectivity index (χ0v) is 17.9. The van der Waals surface area contributed by atoms with Gasteiger partial charge in [-0.15, -0.1) is 0 Å². The highest BCUT2D eigenvalue weighted by Crippen LogP contribution is 2.20. The van der Waals surface area contributed by atoms with Crippen molar-refractivity contribution in [1.82, 2.24) is 14.5 Å². The summed E-state index contributed by atoms with van der Waals surface area (Å²) in [7, 11) is 0. The van der Waals surface area contributed by atoms with Crippen molar-refractivity contribution in [2.75, 3.05) is 31.1 Å².